The van der Waals surface area contributed by atoms with Crippen LogP contribution < -0.4 is 10.9 Å². The van der Waals surface area contributed by atoms with Crippen LogP contribution in [0.15, 0.2) is 59.9 Å². The molecule has 6 rings (SSSR count). The number of hydrogen-bond acceptors (Lipinski definition) is 5. The molecule has 1 saturated heterocycles. The first-order valence-electron chi connectivity index (χ1n) is 11.6. The molecule has 1 aliphatic carbocycles. The van der Waals surface area contributed by atoms with E-state index < -0.39 is 5.82 Å². The molecular formula is C26H24FN5O3. The van der Waals surface area contributed by atoms with Crippen LogP contribution in [-0.2, 0) is 18.3 Å². The van der Waals surface area contributed by atoms with E-state index in [4.69, 9.17) is 4.74 Å². The number of pyridine rings is 2. The third-order valence-corrected chi connectivity index (χ3v) is 7.03. The zero-order chi connectivity index (χ0) is 24.2. The maximum Gasteiger partial charge on any atom is 0.260 e. The van der Waals surface area contributed by atoms with Gasteiger partial charge in [0, 0.05) is 48.2 Å². The summed E-state index contributed by atoms with van der Waals surface area (Å²) in [6.07, 6.45) is 8.30. The van der Waals surface area contributed by atoms with E-state index in [-0.39, 0.29) is 29.5 Å². The summed E-state index contributed by atoms with van der Waals surface area (Å²) in [4.78, 5) is 30.7. The summed E-state index contributed by atoms with van der Waals surface area (Å²) < 4.78 is 23.4. The summed E-state index contributed by atoms with van der Waals surface area (Å²) >= 11 is 0. The Morgan fingerprint density at radius 2 is 2.06 bits per heavy atom. The third-order valence-electron chi connectivity index (χ3n) is 7.03. The molecule has 178 valence electrons. The van der Waals surface area contributed by atoms with Gasteiger partial charge in [-0.05, 0) is 36.6 Å². The molecule has 2 fully saturated rings. The second-order valence-electron chi connectivity index (χ2n) is 9.66. The topological polar surface area (TPSA) is 91.0 Å². The minimum absolute atomic E-state index is 0.00697. The molecule has 1 aliphatic heterocycles. The van der Waals surface area contributed by atoms with Gasteiger partial charge in [0.25, 0.3) is 11.5 Å². The predicted molar refractivity (Wildman–Crippen MR) is 127 cm³/mol. The van der Waals surface area contributed by atoms with E-state index in [9.17, 15) is 9.59 Å². The van der Waals surface area contributed by atoms with Gasteiger partial charge in [-0.15, -0.1) is 0 Å². The molecule has 9 heteroatoms. The number of carbonyl (C=O) groups is 1. The Hall–Kier alpha value is -3.85. The number of carbonyl (C=O) groups excluding carboxylic acids is 1. The van der Waals surface area contributed by atoms with E-state index in [1.807, 2.05) is 6.20 Å². The van der Waals surface area contributed by atoms with Crippen LogP contribution in [0.3, 0.4) is 0 Å². The summed E-state index contributed by atoms with van der Waals surface area (Å²) in [5.74, 6) is -0.715. The minimum atomic E-state index is -0.432. The first kappa shape index (κ1) is 21.7. The first-order chi connectivity index (χ1) is 16.9. The van der Waals surface area contributed by atoms with Crippen molar-refractivity contribution in [1.82, 2.24) is 24.6 Å². The van der Waals surface area contributed by atoms with Crippen molar-refractivity contribution in [2.24, 2.45) is 12.5 Å². The van der Waals surface area contributed by atoms with E-state index in [1.54, 1.807) is 48.4 Å². The summed E-state index contributed by atoms with van der Waals surface area (Å²) in [6, 6.07) is 8.27. The molecule has 8 nitrogen and oxygen atoms in total. The minimum Gasteiger partial charge on any atom is -0.380 e. The molecule has 1 amide bonds. The van der Waals surface area contributed by atoms with Gasteiger partial charge >= 0.3 is 0 Å². The Bertz CT molecular complexity index is 1510. The van der Waals surface area contributed by atoms with E-state index >= 15 is 4.39 Å². The quantitative estimate of drug-likeness (QED) is 0.481. The van der Waals surface area contributed by atoms with Crippen LogP contribution in [0.25, 0.3) is 22.0 Å². The number of halogens is 1. The van der Waals surface area contributed by atoms with Gasteiger partial charge in [-0.25, -0.2) is 4.39 Å². The lowest BCUT2D eigenvalue weighted by atomic mass is 9.64. The number of rotatable bonds is 5. The molecule has 1 aromatic carbocycles. The summed E-state index contributed by atoms with van der Waals surface area (Å²) in [5.41, 5.74) is 2.39. The second-order valence-corrected chi connectivity index (χ2v) is 9.66. The fraction of sp³-hybridized carbons (Fsp3) is 0.308. The molecular weight excluding hydrogens is 449 g/mol. The van der Waals surface area contributed by atoms with Crippen molar-refractivity contribution in [1.29, 1.82) is 0 Å². The summed E-state index contributed by atoms with van der Waals surface area (Å²) in [5, 5.41) is 7.52. The molecule has 1 N–H and O–H groups in total. The highest BCUT2D eigenvalue weighted by atomic mass is 19.1. The van der Waals surface area contributed by atoms with Gasteiger partial charge in [-0.3, -0.25) is 19.3 Å². The number of aryl methyl sites for hydroxylation is 1. The van der Waals surface area contributed by atoms with Crippen LogP contribution in [0, 0.1) is 11.2 Å². The van der Waals surface area contributed by atoms with Crippen molar-refractivity contribution in [3.05, 3.63) is 82.4 Å². The highest BCUT2D eigenvalue weighted by molar-refractivity contribution is 6.05. The average molecular weight is 474 g/mol. The molecule has 4 aromatic rings. The Morgan fingerprint density at radius 3 is 2.74 bits per heavy atom. The van der Waals surface area contributed by atoms with Crippen molar-refractivity contribution in [3.63, 3.8) is 0 Å². The van der Waals surface area contributed by atoms with Crippen LogP contribution in [-0.4, -0.2) is 44.5 Å². The molecule has 0 bridgehead atoms. The number of hydrogen-bond donors (Lipinski definition) is 1. The van der Waals surface area contributed by atoms with Gasteiger partial charge in [-0.1, -0.05) is 12.1 Å². The zero-order valence-electron chi connectivity index (χ0n) is 19.2. The predicted octanol–water partition coefficient (Wildman–Crippen LogP) is 2.89. The number of benzene rings is 1. The number of amides is 1. The summed E-state index contributed by atoms with van der Waals surface area (Å²) in [7, 11) is 1.80. The van der Waals surface area contributed by atoms with Crippen LogP contribution in [0.4, 0.5) is 4.39 Å². The van der Waals surface area contributed by atoms with E-state index in [2.05, 4.69) is 15.4 Å². The fourth-order valence-electron chi connectivity index (χ4n) is 5.09. The molecule has 0 unspecified atom stereocenters. The monoisotopic (exact) mass is 473 g/mol. The van der Waals surface area contributed by atoms with E-state index in [0.717, 1.165) is 31.6 Å². The summed E-state index contributed by atoms with van der Waals surface area (Å²) in [6.45, 7) is 1.49. The van der Waals surface area contributed by atoms with Gasteiger partial charge in [-0.2, -0.15) is 5.10 Å². The lowest BCUT2D eigenvalue weighted by Crippen LogP contribution is -2.59. The Kier molecular flexibility index (Phi) is 5.03. The van der Waals surface area contributed by atoms with Gasteiger partial charge in [0.05, 0.1) is 42.4 Å². The van der Waals surface area contributed by atoms with Crippen molar-refractivity contribution in [3.8, 4) is 11.1 Å². The van der Waals surface area contributed by atoms with Crippen LogP contribution >= 0.6 is 0 Å². The Labute approximate surface area is 200 Å². The van der Waals surface area contributed by atoms with Crippen molar-refractivity contribution < 1.29 is 13.9 Å². The Balaban J connectivity index is 1.31. The molecule has 1 spiro atoms. The number of ether oxygens (including phenoxy) is 1. The van der Waals surface area contributed by atoms with Crippen LogP contribution in [0.2, 0.25) is 0 Å². The maximum atomic E-state index is 15.0. The number of nitrogens with zero attached hydrogens (tertiary/aromatic N) is 4. The van der Waals surface area contributed by atoms with Gasteiger partial charge in [0.1, 0.15) is 5.82 Å². The number of aromatic nitrogens is 4. The van der Waals surface area contributed by atoms with Gasteiger partial charge in [0.15, 0.2) is 0 Å². The second kappa shape index (κ2) is 8.13. The van der Waals surface area contributed by atoms with E-state index in [1.165, 1.54) is 16.8 Å². The Morgan fingerprint density at radius 1 is 1.23 bits per heavy atom. The normalized spacial score (nSPS) is 16.7. The molecule has 2 aliphatic rings. The molecule has 4 heterocycles. The smallest absolute Gasteiger partial charge is 0.260 e. The van der Waals surface area contributed by atoms with Crippen molar-refractivity contribution in [2.75, 3.05) is 13.2 Å². The first-order valence-corrected chi connectivity index (χ1v) is 11.6. The van der Waals surface area contributed by atoms with Crippen LogP contribution in [0.1, 0.15) is 28.8 Å². The highest BCUT2D eigenvalue weighted by Gasteiger charge is 2.50. The molecule has 3 aromatic heterocycles. The standard InChI is InChI=1S/C26H24FN5O3/c1-31-11-18(10-29-31)16-4-5-17(22(27)7-16)12-32-13-21(23-20(25(32)34)3-2-6-28-23)24(33)30-19-8-26(9-19)14-35-15-26/h2-7,10-11,13,19H,8-9,12,14-15H2,1H3,(H,30,33). The lowest BCUT2D eigenvalue weighted by molar-refractivity contribution is -0.165. The molecule has 1 saturated carbocycles. The molecule has 0 radical (unpaired) electrons. The van der Waals surface area contributed by atoms with E-state index in [0.29, 0.717) is 27.6 Å². The maximum absolute atomic E-state index is 15.0. The van der Waals surface area contributed by atoms with Gasteiger partial charge < -0.3 is 14.6 Å². The van der Waals surface area contributed by atoms with Crippen molar-refractivity contribution in [2.45, 2.75) is 25.4 Å². The number of fused-ring (bicyclic) bond motifs is 1. The number of nitrogens with one attached hydrogen (secondary N) is 1. The molecule has 35 heavy (non-hydrogen) atoms. The molecule has 0 atom stereocenters. The zero-order valence-corrected chi connectivity index (χ0v) is 19.2. The SMILES string of the molecule is Cn1cc(-c2ccc(Cn3cc(C(=O)NC4CC5(COC5)C4)c4ncccc4c3=O)c(F)c2)cn1. The third kappa shape index (κ3) is 3.81. The van der Waals surface area contributed by atoms with Crippen molar-refractivity contribution >= 4 is 16.8 Å². The lowest BCUT2D eigenvalue weighted by Gasteiger charge is -2.53. The fourth-order valence-corrected chi connectivity index (χ4v) is 5.09. The van der Waals surface area contributed by atoms with Gasteiger partial charge in [0.2, 0.25) is 0 Å². The highest BCUT2D eigenvalue weighted by Crippen LogP contribution is 2.46. The average Bonchev–Trinajstić information content (AvgIpc) is 3.24. The largest absolute Gasteiger partial charge is 0.380 e. The van der Waals surface area contributed by atoms with Crippen LogP contribution in [0.5, 0.6) is 0 Å².